The molecule has 0 fully saturated rings. The van der Waals surface area contributed by atoms with Gasteiger partial charge in [-0.3, -0.25) is 19.7 Å². The van der Waals surface area contributed by atoms with Crippen LogP contribution in [-0.2, 0) is 4.79 Å². The topological polar surface area (TPSA) is 111 Å². The van der Waals surface area contributed by atoms with Crippen LogP contribution in [0.2, 0.25) is 10.0 Å². The van der Waals surface area contributed by atoms with Gasteiger partial charge in [0.15, 0.2) is 0 Å². The highest BCUT2D eigenvalue weighted by molar-refractivity contribution is 6.34. The Morgan fingerprint density at radius 3 is 2.50 bits per heavy atom. The van der Waals surface area contributed by atoms with Gasteiger partial charge in [0.05, 0.1) is 22.6 Å². The van der Waals surface area contributed by atoms with E-state index in [4.69, 9.17) is 27.9 Å². The Labute approximate surface area is 205 Å². The Kier molecular flexibility index (Phi) is 7.88. The molecule has 0 aliphatic rings. The van der Waals surface area contributed by atoms with Crippen molar-refractivity contribution in [3.8, 4) is 5.75 Å². The Morgan fingerprint density at radius 2 is 1.82 bits per heavy atom. The quantitative estimate of drug-likeness (QED) is 0.248. The highest BCUT2D eigenvalue weighted by atomic mass is 35.5. The molecular weight excluding hydrogens is 481 g/mol. The fourth-order valence-electron chi connectivity index (χ4n) is 2.97. The summed E-state index contributed by atoms with van der Waals surface area (Å²) >= 11 is 12.2. The van der Waals surface area contributed by atoms with Gasteiger partial charge in [-0.2, -0.15) is 0 Å². The van der Waals surface area contributed by atoms with Crippen molar-refractivity contribution < 1.29 is 19.2 Å². The summed E-state index contributed by atoms with van der Waals surface area (Å²) in [5.41, 5.74) is 1.32. The lowest BCUT2D eigenvalue weighted by Crippen LogP contribution is -2.31. The van der Waals surface area contributed by atoms with Crippen molar-refractivity contribution in [3.05, 3.63) is 103 Å². The number of nitrogens with zero attached hydrogens (tertiary/aromatic N) is 1. The van der Waals surface area contributed by atoms with Crippen LogP contribution in [0.4, 0.5) is 11.4 Å². The molecule has 174 valence electrons. The Hall–Kier alpha value is -3.88. The third-order valence-electron chi connectivity index (χ3n) is 4.75. The zero-order valence-corrected chi connectivity index (χ0v) is 19.6. The minimum Gasteiger partial charge on any atom is -0.497 e. The van der Waals surface area contributed by atoms with Crippen LogP contribution in [-0.4, -0.2) is 23.8 Å². The number of non-ortho nitro benzene ring substituents is 1. The van der Waals surface area contributed by atoms with Crippen LogP contribution >= 0.6 is 23.2 Å². The number of nitro groups is 1. The lowest BCUT2D eigenvalue weighted by molar-refractivity contribution is -0.384. The first-order chi connectivity index (χ1) is 16.2. The highest BCUT2D eigenvalue weighted by Crippen LogP contribution is 2.24. The molecule has 0 spiro atoms. The molecule has 34 heavy (non-hydrogen) atoms. The molecule has 0 heterocycles. The molecule has 0 unspecified atom stereocenters. The van der Waals surface area contributed by atoms with Crippen LogP contribution in [0.15, 0.2) is 66.4 Å². The van der Waals surface area contributed by atoms with Crippen molar-refractivity contribution in [3.63, 3.8) is 0 Å². The number of nitro benzene ring substituents is 1. The van der Waals surface area contributed by atoms with Gasteiger partial charge in [0, 0.05) is 22.8 Å². The van der Waals surface area contributed by atoms with Crippen molar-refractivity contribution >= 4 is 52.5 Å². The zero-order valence-electron chi connectivity index (χ0n) is 18.1. The molecule has 0 atom stereocenters. The zero-order chi connectivity index (χ0) is 24.8. The van der Waals surface area contributed by atoms with Gasteiger partial charge in [0.25, 0.3) is 17.5 Å². The number of methoxy groups -OCH3 is 1. The molecule has 0 aliphatic heterocycles. The molecule has 0 saturated carbocycles. The predicted molar refractivity (Wildman–Crippen MR) is 131 cm³/mol. The Morgan fingerprint density at radius 1 is 1.06 bits per heavy atom. The van der Waals surface area contributed by atoms with E-state index in [-0.39, 0.29) is 22.0 Å². The van der Waals surface area contributed by atoms with E-state index in [1.165, 1.54) is 43.5 Å². The molecule has 2 N–H and O–H groups in total. The fraction of sp³-hybridized carbons (Fsp3) is 0.0833. The number of nitrogens with one attached hydrogen (secondary N) is 2. The number of amides is 2. The minimum absolute atomic E-state index is 0.110. The van der Waals surface area contributed by atoms with Crippen molar-refractivity contribution in [1.82, 2.24) is 5.32 Å². The second-order valence-corrected chi connectivity index (χ2v) is 7.97. The summed E-state index contributed by atoms with van der Waals surface area (Å²) in [5.74, 6) is -0.847. The molecule has 0 saturated heterocycles. The van der Waals surface area contributed by atoms with E-state index in [0.29, 0.717) is 22.0 Å². The van der Waals surface area contributed by atoms with Crippen molar-refractivity contribution in [2.45, 2.75) is 6.92 Å². The summed E-state index contributed by atoms with van der Waals surface area (Å²) < 4.78 is 5.09. The van der Waals surface area contributed by atoms with Gasteiger partial charge in [0.1, 0.15) is 11.4 Å². The number of benzene rings is 3. The molecule has 0 aliphatic carbocycles. The molecule has 0 bridgehead atoms. The summed E-state index contributed by atoms with van der Waals surface area (Å²) in [6.07, 6.45) is 1.33. The number of hydrogen-bond acceptors (Lipinski definition) is 5. The van der Waals surface area contributed by atoms with Gasteiger partial charge >= 0.3 is 0 Å². The van der Waals surface area contributed by atoms with E-state index in [9.17, 15) is 19.7 Å². The maximum Gasteiger partial charge on any atom is 0.272 e. The molecule has 3 rings (SSSR count). The molecule has 0 radical (unpaired) electrons. The van der Waals surface area contributed by atoms with E-state index in [1.54, 1.807) is 37.3 Å². The second kappa shape index (κ2) is 10.8. The van der Waals surface area contributed by atoms with Crippen LogP contribution in [0.25, 0.3) is 6.08 Å². The van der Waals surface area contributed by atoms with Crippen molar-refractivity contribution in [2.75, 3.05) is 12.4 Å². The summed E-state index contributed by atoms with van der Waals surface area (Å²) in [6, 6.07) is 15.1. The largest absolute Gasteiger partial charge is 0.497 e. The van der Waals surface area contributed by atoms with Gasteiger partial charge in [-0.1, -0.05) is 41.4 Å². The van der Waals surface area contributed by atoms with Gasteiger partial charge in [-0.05, 0) is 54.5 Å². The van der Waals surface area contributed by atoms with Crippen molar-refractivity contribution in [2.24, 2.45) is 0 Å². The molecular formula is C24H19Cl2N3O5. The van der Waals surface area contributed by atoms with Crippen LogP contribution in [0, 0.1) is 17.0 Å². The summed E-state index contributed by atoms with van der Waals surface area (Å²) in [4.78, 5) is 36.6. The summed E-state index contributed by atoms with van der Waals surface area (Å²) in [5, 5.41) is 16.9. The van der Waals surface area contributed by atoms with Gasteiger partial charge in [-0.15, -0.1) is 0 Å². The third kappa shape index (κ3) is 6.12. The number of aryl methyl sites for hydroxylation is 1. The first-order valence-electron chi connectivity index (χ1n) is 9.86. The van der Waals surface area contributed by atoms with Crippen LogP contribution < -0.4 is 15.4 Å². The van der Waals surface area contributed by atoms with Gasteiger partial charge < -0.3 is 15.4 Å². The highest BCUT2D eigenvalue weighted by Gasteiger charge is 2.19. The summed E-state index contributed by atoms with van der Waals surface area (Å²) in [6.45, 7) is 1.78. The average Bonchev–Trinajstić information content (AvgIpc) is 2.80. The predicted octanol–water partition coefficient (Wildman–Crippen LogP) is 5.63. The van der Waals surface area contributed by atoms with E-state index >= 15 is 0 Å². The first-order valence-corrected chi connectivity index (χ1v) is 10.6. The average molecular weight is 500 g/mol. The number of ether oxygens (including phenoxy) is 1. The molecule has 10 heteroatoms. The van der Waals surface area contributed by atoms with Gasteiger partial charge in [-0.25, -0.2) is 0 Å². The maximum absolute atomic E-state index is 13.1. The Balaban J connectivity index is 1.98. The molecule has 3 aromatic carbocycles. The minimum atomic E-state index is -0.658. The molecule has 3 aromatic rings. The van der Waals surface area contributed by atoms with Crippen molar-refractivity contribution in [1.29, 1.82) is 0 Å². The number of rotatable bonds is 7. The smallest absolute Gasteiger partial charge is 0.272 e. The lowest BCUT2D eigenvalue weighted by atomic mass is 10.1. The number of halogens is 2. The van der Waals surface area contributed by atoms with Gasteiger partial charge in [0.2, 0.25) is 0 Å². The number of carbonyl (C=O) groups excluding carboxylic acids is 2. The maximum atomic E-state index is 13.1. The van der Waals surface area contributed by atoms with E-state index in [0.717, 1.165) is 5.56 Å². The third-order valence-corrected chi connectivity index (χ3v) is 5.30. The van der Waals surface area contributed by atoms with E-state index in [1.807, 2.05) is 0 Å². The number of anilines is 1. The van der Waals surface area contributed by atoms with Crippen LogP contribution in [0.3, 0.4) is 0 Å². The SMILES string of the molecule is COc1ccc(C(=O)N/C(=C/c2cccc([N+](=O)[O-])c2)C(=O)Nc2cc(Cl)ccc2C)c(Cl)c1. The standard InChI is InChI=1S/C24H19Cl2N3O5/c1-14-6-7-16(25)12-21(14)27-24(31)22(11-15-4-3-5-17(10-15)29(32)33)28-23(30)19-9-8-18(34-2)13-20(19)26/h3-13H,1-2H3,(H,27,31)(H,28,30)/b22-11+. The first kappa shape index (κ1) is 24.8. The lowest BCUT2D eigenvalue weighted by Gasteiger charge is -2.14. The number of carbonyl (C=O) groups is 2. The van der Waals surface area contributed by atoms with E-state index in [2.05, 4.69) is 10.6 Å². The molecule has 2 amide bonds. The monoisotopic (exact) mass is 499 g/mol. The molecule has 8 nitrogen and oxygen atoms in total. The summed E-state index contributed by atoms with van der Waals surface area (Å²) in [7, 11) is 1.47. The second-order valence-electron chi connectivity index (χ2n) is 7.12. The fourth-order valence-corrected chi connectivity index (χ4v) is 3.40. The van der Waals surface area contributed by atoms with E-state index < -0.39 is 16.7 Å². The van der Waals surface area contributed by atoms with Crippen LogP contribution in [0.5, 0.6) is 5.75 Å². The molecule has 0 aromatic heterocycles. The number of hydrogen-bond donors (Lipinski definition) is 2. The Bertz CT molecular complexity index is 1310. The normalized spacial score (nSPS) is 11.0. The van der Waals surface area contributed by atoms with Crippen LogP contribution in [0.1, 0.15) is 21.5 Å².